The maximum atomic E-state index is 11.8. The number of carbonyl (C=O) groups excluding carboxylic acids is 2. The first-order valence-electron chi connectivity index (χ1n) is 8.36. The van der Waals surface area contributed by atoms with Crippen LogP contribution >= 0.6 is 0 Å². The van der Waals surface area contributed by atoms with Crippen LogP contribution in [0.15, 0.2) is 37.1 Å². The van der Waals surface area contributed by atoms with Gasteiger partial charge in [-0.15, -0.1) is 0 Å². The Morgan fingerprint density at radius 1 is 1.09 bits per heavy atom. The fourth-order valence-corrected chi connectivity index (χ4v) is 1.87. The third-order valence-electron chi connectivity index (χ3n) is 3.38. The van der Waals surface area contributed by atoms with Crippen molar-refractivity contribution in [2.24, 2.45) is 0 Å². The second-order valence-corrected chi connectivity index (χ2v) is 5.31. The Bertz CT molecular complexity index is 408. The lowest BCUT2D eigenvalue weighted by atomic mass is 10.1. The maximum absolute atomic E-state index is 11.8. The molecule has 3 amide bonds. The normalized spacial score (nSPS) is 14.2. The van der Waals surface area contributed by atoms with Crippen molar-refractivity contribution in [2.45, 2.75) is 46.0 Å². The van der Waals surface area contributed by atoms with E-state index in [0.717, 1.165) is 25.9 Å². The highest BCUT2D eigenvalue weighted by Gasteiger charge is 2.16. The van der Waals surface area contributed by atoms with Crippen LogP contribution in [-0.4, -0.2) is 36.5 Å². The van der Waals surface area contributed by atoms with Crippen LogP contribution in [0.25, 0.3) is 0 Å². The van der Waals surface area contributed by atoms with Gasteiger partial charge in [0.15, 0.2) is 0 Å². The first-order valence-corrected chi connectivity index (χ1v) is 8.36. The first-order chi connectivity index (χ1) is 11.1. The SMILES string of the molecule is C=C/C=C(\C=C)NC(=O)NCC(=O)N1CCCCC1.CCCC. The summed E-state index contributed by atoms with van der Waals surface area (Å²) in [6.07, 6.45) is 10.6. The average molecular weight is 321 g/mol. The van der Waals surface area contributed by atoms with Gasteiger partial charge in [-0.05, 0) is 31.4 Å². The average Bonchev–Trinajstić information content (AvgIpc) is 2.60. The molecule has 0 radical (unpaired) electrons. The Morgan fingerprint density at radius 3 is 2.17 bits per heavy atom. The molecule has 0 spiro atoms. The summed E-state index contributed by atoms with van der Waals surface area (Å²) in [5.41, 5.74) is 0.540. The summed E-state index contributed by atoms with van der Waals surface area (Å²) in [4.78, 5) is 25.2. The van der Waals surface area contributed by atoms with Crippen LogP contribution in [0.3, 0.4) is 0 Å². The summed E-state index contributed by atoms with van der Waals surface area (Å²) in [7, 11) is 0. The molecule has 0 atom stereocenters. The number of piperidine rings is 1. The zero-order valence-corrected chi connectivity index (χ0v) is 14.6. The highest BCUT2D eigenvalue weighted by atomic mass is 16.2. The lowest BCUT2D eigenvalue weighted by molar-refractivity contribution is -0.130. The molecule has 130 valence electrons. The molecule has 1 heterocycles. The van der Waals surface area contributed by atoms with Gasteiger partial charge in [0.2, 0.25) is 5.91 Å². The Balaban J connectivity index is 0.00000108. The number of carbonyl (C=O) groups is 2. The van der Waals surface area contributed by atoms with Gasteiger partial charge in [0.05, 0.1) is 6.54 Å². The van der Waals surface area contributed by atoms with Gasteiger partial charge in [-0.3, -0.25) is 4.79 Å². The fourth-order valence-electron chi connectivity index (χ4n) is 1.87. The molecule has 0 bridgehead atoms. The van der Waals surface area contributed by atoms with E-state index in [1.54, 1.807) is 17.1 Å². The number of likely N-dealkylation sites (tertiary alicyclic amines) is 1. The molecule has 0 unspecified atom stereocenters. The van der Waals surface area contributed by atoms with E-state index in [0.29, 0.717) is 5.70 Å². The molecule has 5 heteroatoms. The quantitative estimate of drug-likeness (QED) is 0.737. The number of rotatable bonds is 6. The topological polar surface area (TPSA) is 61.4 Å². The molecule has 2 N–H and O–H groups in total. The monoisotopic (exact) mass is 321 g/mol. The first kappa shape index (κ1) is 21.0. The molecule has 1 aliphatic rings. The molecule has 5 nitrogen and oxygen atoms in total. The Kier molecular flexibility index (Phi) is 12.4. The van der Waals surface area contributed by atoms with E-state index in [9.17, 15) is 9.59 Å². The number of unbranched alkanes of at least 4 members (excludes halogenated alkanes) is 1. The molecule has 0 aromatic carbocycles. The minimum Gasteiger partial charge on any atom is -0.341 e. The standard InChI is InChI=1S/C14H21N3O2.C4H10/c1-3-8-12(4-2)16-14(19)15-11-13(18)17-9-6-5-7-10-17;1-3-4-2/h3-4,8H,1-2,5-7,9-11H2,(H2,15,16,19);3-4H2,1-2H3/b12-8+;. The van der Waals surface area contributed by atoms with E-state index in [1.807, 2.05) is 0 Å². The zero-order valence-electron chi connectivity index (χ0n) is 14.6. The predicted molar refractivity (Wildman–Crippen MR) is 96.0 cm³/mol. The molecule has 0 aliphatic carbocycles. The molecule has 1 aliphatic heterocycles. The molecule has 0 aromatic rings. The second-order valence-electron chi connectivity index (χ2n) is 5.31. The number of hydrogen-bond donors (Lipinski definition) is 2. The molecule has 1 saturated heterocycles. The van der Waals surface area contributed by atoms with Crippen molar-refractivity contribution in [3.05, 3.63) is 37.1 Å². The van der Waals surface area contributed by atoms with E-state index in [1.165, 1.54) is 25.3 Å². The molecular formula is C18H31N3O2. The summed E-state index contributed by atoms with van der Waals surface area (Å²) in [6, 6.07) is -0.418. The molecule has 23 heavy (non-hydrogen) atoms. The number of hydrogen-bond acceptors (Lipinski definition) is 2. The Morgan fingerprint density at radius 2 is 1.70 bits per heavy atom. The van der Waals surface area contributed by atoms with Gasteiger partial charge < -0.3 is 15.5 Å². The van der Waals surface area contributed by atoms with Crippen molar-refractivity contribution in [3.8, 4) is 0 Å². The minimum absolute atomic E-state index is 0.0182. The van der Waals surface area contributed by atoms with E-state index < -0.39 is 6.03 Å². The van der Waals surface area contributed by atoms with Crippen LogP contribution in [0.2, 0.25) is 0 Å². The van der Waals surface area contributed by atoms with E-state index in [2.05, 4.69) is 37.6 Å². The third kappa shape index (κ3) is 10.3. The molecule has 1 rings (SSSR count). The summed E-state index contributed by atoms with van der Waals surface area (Å²) >= 11 is 0. The van der Waals surface area contributed by atoms with Crippen molar-refractivity contribution >= 4 is 11.9 Å². The van der Waals surface area contributed by atoms with Crippen LogP contribution < -0.4 is 10.6 Å². The smallest absolute Gasteiger partial charge is 0.319 e. The number of allylic oxidation sites excluding steroid dienone is 3. The zero-order chi connectivity index (χ0) is 17.5. The van der Waals surface area contributed by atoms with Crippen LogP contribution in [0, 0.1) is 0 Å². The fraction of sp³-hybridized carbons (Fsp3) is 0.556. The highest BCUT2D eigenvalue weighted by Crippen LogP contribution is 2.08. The lowest BCUT2D eigenvalue weighted by Crippen LogP contribution is -2.45. The van der Waals surface area contributed by atoms with Gasteiger partial charge in [0, 0.05) is 18.8 Å². The summed E-state index contributed by atoms with van der Waals surface area (Å²) in [5, 5.41) is 5.12. The summed E-state index contributed by atoms with van der Waals surface area (Å²) in [5.74, 6) is -0.0392. The van der Waals surface area contributed by atoms with Crippen molar-refractivity contribution in [1.82, 2.24) is 15.5 Å². The molecule has 1 fully saturated rings. The Labute approximate surface area is 140 Å². The molecular weight excluding hydrogens is 290 g/mol. The highest BCUT2D eigenvalue weighted by molar-refractivity contribution is 5.84. The summed E-state index contributed by atoms with van der Waals surface area (Å²) < 4.78 is 0. The van der Waals surface area contributed by atoms with Gasteiger partial charge >= 0.3 is 6.03 Å². The number of amides is 3. The van der Waals surface area contributed by atoms with Crippen LogP contribution in [-0.2, 0) is 4.79 Å². The van der Waals surface area contributed by atoms with Crippen molar-refractivity contribution in [1.29, 1.82) is 0 Å². The molecule has 0 saturated carbocycles. The van der Waals surface area contributed by atoms with Crippen molar-refractivity contribution in [2.75, 3.05) is 19.6 Å². The predicted octanol–water partition coefficient (Wildman–Crippen LogP) is 3.36. The number of urea groups is 1. The van der Waals surface area contributed by atoms with Gasteiger partial charge in [0.1, 0.15) is 0 Å². The number of nitrogens with zero attached hydrogens (tertiary/aromatic N) is 1. The van der Waals surface area contributed by atoms with Gasteiger partial charge in [-0.25, -0.2) is 4.79 Å². The van der Waals surface area contributed by atoms with E-state index >= 15 is 0 Å². The number of nitrogens with one attached hydrogen (secondary N) is 2. The van der Waals surface area contributed by atoms with E-state index in [-0.39, 0.29) is 12.5 Å². The van der Waals surface area contributed by atoms with Gasteiger partial charge in [0.25, 0.3) is 0 Å². The Hall–Kier alpha value is -2.04. The minimum atomic E-state index is -0.418. The van der Waals surface area contributed by atoms with Gasteiger partial charge in [-0.1, -0.05) is 45.9 Å². The van der Waals surface area contributed by atoms with Gasteiger partial charge in [-0.2, -0.15) is 0 Å². The van der Waals surface area contributed by atoms with Crippen LogP contribution in [0.5, 0.6) is 0 Å². The van der Waals surface area contributed by atoms with Crippen LogP contribution in [0.1, 0.15) is 46.0 Å². The van der Waals surface area contributed by atoms with Crippen LogP contribution in [0.4, 0.5) is 4.79 Å². The molecule has 0 aromatic heterocycles. The van der Waals surface area contributed by atoms with E-state index in [4.69, 9.17) is 0 Å². The maximum Gasteiger partial charge on any atom is 0.319 e. The van der Waals surface area contributed by atoms with Crippen molar-refractivity contribution in [3.63, 3.8) is 0 Å². The lowest BCUT2D eigenvalue weighted by Gasteiger charge is -2.26. The largest absolute Gasteiger partial charge is 0.341 e. The summed E-state index contributed by atoms with van der Waals surface area (Å²) in [6.45, 7) is 13.1. The van der Waals surface area contributed by atoms with Crippen molar-refractivity contribution < 1.29 is 9.59 Å². The third-order valence-corrected chi connectivity index (χ3v) is 3.38. The second kappa shape index (κ2) is 13.6.